The van der Waals surface area contributed by atoms with Crippen LogP contribution in [0.2, 0.25) is 0 Å². The summed E-state index contributed by atoms with van der Waals surface area (Å²) < 4.78 is 28.8. The molecule has 0 saturated heterocycles. The normalized spacial score (nSPS) is 11.3. The second-order valence-corrected chi connectivity index (χ2v) is 8.62. The number of halogens is 1. The van der Waals surface area contributed by atoms with Gasteiger partial charge in [-0.15, -0.1) is 0 Å². The topological polar surface area (TPSA) is 127 Å². The second kappa shape index (κ2) is 8.76. The minimum atomic E-state index is -3.78. The Labute approximate surface area is 176 Å². The summed E-state index contributed by atoms with van der Waals surface area (Å²) in [6.07, 6.45) is 2.08. The van der Waals surface area contributed by atoms with E-state index in [4.69, 9.17) is 9.88 Å². The molecule has 1 amide bonds. The van der Waals surface area contributed by atoms with E-state index in [-0.39, 0.29) is 10.8 Å². The molecule has 29 heavy (non-hydrogen) atoms. The molecule has 0 aliphatic carbocycles. The summed E-state index contributed by atoms with van der Waals surface area (Å²) in [6.45, 7) is 0.437. The molecule has 0 saturated carbocycles. The average molecular weight is 479 g/mol. The molecule has 0 bridgehead atoms. The number of carbonyl (C=O) groups excluding carboxylic acids is 1. The zero-order chi connectivity index (χ0) is 21.0. The lowest BCUT2D eigenvalue weighted by Crippen LogP contribution is -2.25. The lowest BCUT2D eigenvalue weighted by molar-refractivity contribution is 0.0955. The van der Waals surface area contributed by atoms with E-state index in [0.29, 0.717) is 29.8 Å². The third-order valence-electron chi connectivity index (χ3n) is 4.27. The largest absolute Gasteiger partial charge is 0.496 e. The number of primary sulfonamides is 1. The Bertz CT molecular complexity index is 1130. The Hall–Kier alpha value is -2.69. The number of hydrogen-bond acceptors (Lipinski definition) is 5. The Morgan fingerprint density at radius 2 is 1.97 bits per heavy atom. The highest BCUT2D eigenvalue weighted by Crippen LogP contribution is 2.26. The number of nitrogens with one attached hydrogen (secondary N) is 2. The number of aromatic nitrogens is 2. The van der Waals surface area contributed by atoms with E-state index >= 15 is 0 Å². The van der Waals surface area contributed by atoms with Crippen molar-refractivity contribution < 1.29 is 17.9 Å². The number of ether oxygens (including phenoxy) is 1. The molecule has 1 aromatic heterocycles. The second-order valence-electron chi connectivity index (χ2n) is 6.20. The van der Waals surface area contributed by atoms with E-state index in [1.807, 2.05) is 18.2 Å². The number of methoxy groups -OCH3 is 1. The van der Waals surface area contributed by atoms with E-state index in [1.54, 1.807) is 19.2 Å². The molecule has 4 N–H and O–H groups in total. The van der Waals surface area contributed by atoms with Gasteiger partial charge in [-0.3, -0.25) is 9.89 Å². The maximum atomic E-state index is 12.6. The number of benzene rings is 2. The summed E-state index contributed by atoms with van der Waals surface area (Å²) in [5.41, 5.74) is 2.53. The van der Waals surface area contributed by atoms with Crippen LogP contribution >= 0.6 is 15.9 Å². The van der Waals surface area contributed by atoms with Crippen molar-refractivity contribution >= 4 is 31.9 Å². The standard InChI is InChI=1S/C19H19BrN4O4S/c1-28-17-7-2-12(10-16(17)20)8-9-22-19(25)15-11-23-24-18(15)13-3-5-14(6-4-13)29(21,26)27/h2-7,10-11H,8-9H2,1H3,(H,22,25)(H,23,24)(H2,21,26,27). The van der Waals surface area contributed by atoms with E-state index in [2.05, 4.69) is 31.4 Å². The Morgan fingerprint density at radius 1 is 1.24 bits per heavy atom. The fourth-order valence-electron chi connectivity index (χ4n) is 2.77. The molecule has 0 radical (unpaired) electrons. The van der Waals surface area contributed by atoms with Gasteiger partial charge in [0.25, 0.3) is 5.91 Å². The summed E-state index contributed by atoms with van der Waals surface area (Å²) in [4.78, 5) is 12.6. The van der Waals surface area contributed by atoms with Crippen LogP contribution in [0.3, 0.4) is 0 Å². The van der Waals surface area contributed by atoms with Crippen molar-refractivity contribution in [3.8, 4) is 17.0 Å². The van der Waals surface area contributed by atoms with Gasteiger partial charge in [-0.05, 0) is 52.2 Å². The van der Waals surface area contributed by atoms with Crippen LogP contribution in [0.15, 0.2) is 58.0 Å². The number of sulfonamides is 1. The number of aromatic amines is 1. The van der Waals surface area contributed by atoms with Crippen LogP contribution in [0.5, 0.6) is 5.75 Å². The van der Waals surface area contributed by atoms with E-state index in [0.717, 1.165) is 15.8 Å². The molecule has 8 nitrogen and oxygen atoms in total. The molecule has 2 aromatic carbocycles. The third kappa shape index (κ3) is 5.03. The first-order valence-corrected chi connectivity index (χ1v) is 10.9. The van der Waals surface area contributed by atoms with Crippen LogP contribution in [0, 0.1) is 0 Å². The molecule has 0 unspecified atom stereocenters. The predicted molar refractivity (Wildman–Crippen MR) is 112 cm³/mol. The molecule has 1 heterocycles. The van der Waals surface area contributed by atoms with Crippen molar-refractivity contribution in [3.05, 3.63) is 64.3 Å². The van der Waals surface area contributed by atoms with E-state index in [1.165, 1.54) is 18.3 Å². The summed E-state index contributed by atoms with van der Waals surface area (Å²) in [7, 11) is -2.17. The number of amides is 1. The first kappa shape index (κ1) is 21.0. The SMILES string of the molecule is COc1ccc(CCNC(=O)c2cn[nH]c2-c2ccc(S(N)(=O)=O)cc2)cc1Br. The van der Waals surface area contributed by atoms with Gasteiger partial charge in [0, 0.05) is 12.1 Å². The van der Waals surface area contributed by atoms with Crippen LogP contribution < -0.4 is 15.2 Å². The number of carbonyl (C=O) groups is 1. The summed E-state index contributed by atoms with van der Waals surface area (Å²) >= 11 is 3.44. The van der Waals surface area contributed by atoms with Gasteiger partial charge in [0.1, 0.15) is 5.75 Å². The monoisotopic (exact) mass is 478 g/mol. The summed E-state index contributed by atoms with van der Waals surface area (Å²) in [6, 6.07) is 11.6. The number of nitrogens with zero attached hydrogens (tertiary/aromatic N) is 1. The molecule has 3 rings (SSSR count). The quantitative estimate of drug-likeness (QED) is 0.480. The maximum Gasteiger partial charge on any atom is 0.255 e. The van der Waals surface area contributed by atoms with Gasteiger partial charge in [-0.25, -0.2) is 13.6 Å². The molecular weight excluding hydrogens is 460 g/mol. The van der Waals surface area contributed by atoms with E-state index < -0.39 is 10.0 Å². The van der Waals surface area contributed by atoms with Crippen molar-refractivity contribution in [2.75, 3.05) is 13.7 Å². The van der Waals surface area contributed by atoms with Gasteiger partial charge < -0.3 is 10.1 Å². The van der Waals surface area contributed by atoms with Crippen LogP contribution in [0.1, 0.15) is 15.9 Å². The van der Waals surface area contributed by atoms with Crippen LogP contribution in [0.25, 0.3) is 11.3 Å². The molecule has 0 atom stereocenters. The first-order chi connectivity index (χ1) is 13.8. The van der Waals surface area contributed by atoms with E-state index in [9.17, 15) is 13.2 Å². The molecule has 10 heteroatoms. The molecule has 0 aliphatic rings. The Kier molecular flexibility index (Phi) is 6.36. The fourth-order valence-corrected chi connectivity index (χ4v) is 3.87. The maximum absolute atomic E-state index is 12.6. The van der Waals surface area contributed by atoms with Gasteiger partial charge in [0.2, 0.25) is 10.0 Å². The minimum Gasteiger partial charge on any atom is -0.496 e. The molecule has 3 aromatic rings. The zero-order valence-corrected chi connectivity index (χ0v) is 17.9. The summed E-state index contributed by atoms with van der Waals surface area (Å²) in [5, 5.41) is 14.7. The van der Waals surface area contributed by atoms with Crippen molar-refractivity contribution in [1.82, 2.24) is 15.5 Å². The van der Waals surface area contributed by atoms with Crippen molar-refractivity contribution in [1.29, 1.82) is 0 Å². The van der Waals surface area contributed by atoms with Crippen LogP contribution in [0.4, 0.5) is 0 Å². The fraction of sp³-hybridized carbons (Fsp3) is 0.158. The smallest absolute Gasteiger partial charge is 0.255 e. The van der Waals surface area contributed by atoms with Gasteiger partial charge in [0.15, 0.2) is 0 Å². The average Bonchev–Trinajstić information content (AvgIpc) is 3.17. The Balaban J connectivity index is 1.67. The van der Waals surface area contributed by atoms with Gasteiger partial charge in [-0.1, -0.05) is 18.2 Å². The predicted octanol–water partition coefficient (Wildman–Crippen LogP) is 2.47. The number of nitrogens with two attached hydrogens (primary N) is 1. The van der Waals surface area contributed by atoms with Crippen molar-refractivity contribution in [2.45, 2.75) is 11.3 Å². The molecule has 0 fully saturated rings. The lowest BCUT2D eigenvalue weighted by atomic mass is 10.1. The van der Waals surface area contributed by atoms with Gasteiger partial charge in [-0.2, -0.15) is 5.10 Å². The summed E-state index contributed by atoms with van der Waals surface area (Å²) in [5.74, 6) is 0.464. The lowest BCUT2D eigenvalue weighted by Gasteiger charge is -2.08. The zero-order valence-electron chi connectivity index (χ0n) is 15.5. The van der Waals surface area contributed by atoms with Gasteiger partial charge >= 0.3 is 0 Å². The van der Waals surface area contributed by atoms with Crippen LogP contribution in [-0.2, 0) is 16.4 Å². The van der Waals surface area contributed by atoms with Crippen LogP contribution in [-0.4, -0.2) is 38.2 Å². The highest BCUT2D eigenvalue weighted by Gasteiger charge is 2.16. The molecule has 0 spiro atoms. The highest BCUT2D eigenvalue weighted by atomic mass is 79.9. The van der Waals surface area contributed by atoms with Crippen molar-refractivity contribution in [3.63, 3.8) is 0 Å². The third-order valence-corrected chi connectivity index (χ3v) is 5.82. The van der Waals surface area contributed by atoms with Crippen molar-refractivity contribution in [2.24, 2.45) is 5.14 Å². The number of H-pyrrole nitrogens is 1. The van der Waals surface area contributed by atoms with Gasteiger partial charge in [0.05, 0.1) is 33.9 Å². The first-order valence-electron chi connectivity index (χ1n) is 8.57. The molecule has 152 valence electrons. The number of hydrogen-bond donors (Lipinski definition) is 3. The Morgan fingerprint density at radius 3 is 2.59 bits per heavy atom. The highest BCUT2D eigenvalue weighted by molar-refractivity contribution is 9.10. The number of rotatable bonds is 7. The molecule has 0 aliphatic heterocycles. The minimum absolute atomic E-state index is 0.00239. The molecular formula is C19H19BrN4O4S.